The summed E-state index contributed by atoms with van der Waals surface area (Å²) in [6.07, 6.45) is 4.24. The minimum Gasteiger partial charge on any atom is -0.388 e. The lowest BCUT2D eigenvalue weighted by Gasteiger charge is -2.56. The van der Waals surface area contributed by atoms with Crippen LogP contribution in [-0.2, 0) is 4.74 Å². The van der Waals surface area contributed by atoms with E-state index in [9.17, 15) is 23.4 Å². The first-order valence-corrected chi connectivity index (χ1v) is 13.4. The van der Waals surface area contributed by atoms with E-state index >= 15 is 0 Å². The summed E-state index contributed by atoms with van der Waals surface area (Å²) in [7, 11) is 3.68. The van der Waals surface area contributed by atoms with E-state index in [4.69, 9.17) is 4.74 Å². The number of hydrogen-bond donors (Lipinski definition) is 2. The molecular weight excluding hydrogens is 493 g/mol. The van der Waals surface area contributed by atoms with Gasteiger partial charge in [0.2, 0.25) is 0 Å². The molecule has 5 aliphatic rings. The summed E-state index contributed by atoms with van der Waals surface area (Å²) < 4.78 is 51.2. The van der Waals surface area contributed by atoms with Gasteiger partial charge in [0.05, 0.1) is 17.3 Å². The molecule has 0 radical (unpaired) electrons. The van der Waals surface area contributed by atoms with Crippen molar-refractivity contribution in [1.82, 2.24) is 9.88 Å². The molecule has 2 aliphatic heterocycles. The van der Waals surface area contributed by atoms with Crippen LogP contribution in [0, 0.1) is 18.3 Å². The minimum absolute atomic E-state index is 0.153. The van der Waals surface area contributed by atoms with E-state index in [0.29, 0.717) is 31.3 Å². The van der Waals surface area contributed by atoms with Crippen LogP contribution in [0.4, 0.5) is 13.2 Å². The molecule has 204 valence electrons. The number of rotatable bonds is 3. The zero-order valence-electron chi connectivity index (χ0n) is 22.2. The van der Waals surface area contributed by atoms with Crippen molar-refractivity contribution >= 4 is 6.08 Å². The summed E-state index contributed by atoms with van der Waals surface area (Å²) in [6, 6.07) is 3.45. The van der Waals surface area contributed by atoms with Crippen molar-refractivity contribution in [3.05, 3.63) is 70.1 Å². The van der Waals surface area contributed by atoms with Crippen LogP contribution in [0.3, 0.4) is 0 Å². The van der Waals surface area contributed by atoms with Gasteiger partial charge in [-0.15, -0.1) is 0 Å². The zero-order chi connectivity index (χ0) is 27.3. The first kappa shape index (κ1) is 26.0. The van der Waals surface area contributed by atoms with Gasteiger partial charge in [-0.2, -0.15) is 13.2 Å². The van der Waals surface area contributed by atoms with Crippen LogP contribution in [0.1, 0.15) is 50.3 Å². The van der Waals surface area contributed by atoms with Gasteiger partial charge in [0.15, 0.2) is 0 Å². The highest BCUT2D eigenvalue weighted by molar-refractivity contribution is 5.59. The molecule has 7 unspecified atom stereocenters. The molecular formula is C30H35F3N2O3. The minimum atomic E-state index is -4.54. The third kappa shape index (κ3) is 3.49. The van der Waals surface area contributed by atoms with Crippen LogP contribution in [0.25, 0.3) is 6.08 Å². The van der Waals surface area contributed by atoms with Crippen molar-refractivity contribution in [2.24, 2.45) is 11.3 Å². The molecule has 0 amide bonds. The lowest BCUT2D eigenvalue weighted by atomic mass is 9.56. The second-order valence-corrected chi connectivity index (χ2v) is 12.2. The molecule has 1 aromatic rings. The Balaban J connectivity index is 1.47. The van der Waals surface area contributed by atoms with Crippen molar-refractivity contribution in [2.75, 3.05) is 14.1 Å². The second kappa shape index (κ2) is 8.37. The maximum atomic E-state index is 14.7. The highest BCUT2D eigenvalue weighted by atomic mass is 19.4. The normalized spacial score (nSPS) is 40.3. The average Bonchev–Trinajstić information content (AvgIpc) is 3.35. The van der Waals surface area contributed by atoms with E-state index in [0.717, 1.165) is 16.8 Å². The first-order chi connectivity index (χ1) is 17.8. The van der Waals surface area contributed by atoms with E-state index in [2.05, 4.69) is 11.1 Å². The van der Waals surface area contributed by atoms with Gasteiger partial charge >= 0.3 is 6.18 Å². The fourth-order valence-corrected chi connectivity index (χ4v) is 8.07. The molecule has 1 aromatic heterocycles. The summed E-state index contributed by atoms with van der Waals surface area (Å²) in [5.41, 5.74) is -0.0439. The second-order valence-electron chi connectivity index (χ2n) is 12.2. The van der Waals surface area contributed by atoms with Crippen LogP contribution in [0.15, 0.2) is 58.9 Å². The van der Waals surface area contributed by atoms with Gasteiger partial charge in [0.25, 0.3) is 0 Å². The zero-order valence-corrected chi connectivity index (χ0v) is 22.2. The Morgan fingerprint density at radius 3 is 2.63 bits per heavy atom. The van der Waals surface area contributed by atoms with Crippen LogP contribution in [0.2, 0.25) is 0 Å². The van der Waals surface area contributed by atoms with Crippen LogP contribution in [-0.4, -0.2) is 69.8 Å². The van der Waals surface area contributed by atoms with Crippen molar-refractivity contribution in [2.45, 2.75) is 81.6 Å². The topological polar surface area (TPSA) is 65.8 Å². The quantitative estimate of drug-likeness (QED) is 0.584. The summed E-state index contributed by atoms with van der Waals surface area (Å²) in [5, 5.41) is 22.0. The number of likely N-dealkylation sites (N-methyl/N-ethyl adjacent to an activating group) is 1. The van der Waals surface area contributed by atoms with Gasteiger partial charge in [0.1, 0.15) is 6.10 Å². The van der Waals surface area contributed by atoms with E-state index in [-0.39, 0.29) is 24.0 Å². The molecule has 2 fully saturated rings. The predicted molar refractivity (Wildman–Crippen MR) is 138 cm³/mol. The fourth-order valence-electron chi connectivity index (χ4n) is 8.07. The Bertz CT molecular complexity index is 1300. The first-order valence-electron chi connectivity index (χ1n) is 13.4. The largest absolute Gasteiger partial charge is 0.413 e. The summed E-state index contributed by atoms with van der Waals surface area (Å²) in [5.74, 6) is -0.162. The van der Waals surface area contributed by atoms with Gasteiger partial charge in [0, 0.05) is 34.8 Å². The fraction of sp³-hybridized carbons (Fsp3) is 0.567. The van der Waals surface area contributed by atoms with E-state index in [1.807, 2.05) is 57.1 Å². The van der Waals surface area contributed by atoms with Crippen molar-refractivity contribution in [3.8, 4) is 0 Å². The molecule has 3 aliphatic carbocycles. The molecule has 2 bridgehead atoms. The van der Waals surface area contributed by atoms with E-state index in [1.165, 1.54) is 0 Å². The molecule has 2 N–H and O–H groups in total. The Hall–Kier alpha value is -2.26. The van der Waals surface area contributed by atoms with Crippen molar-refractivity contribution in [1.29, 1.82) is 0 Å². The van der Waals surface area contributed by atoms with Crippen LogP contribution >= 0.6 is 0 Å². The Morgan fingerprint density at radius 1 is 1.18 bits per heavy atom. The molecule has 6 rings (SSSR count). The van der Waals surface area contributed by atoms with Gasteiger partial charge < -0.3 is 19.8 Å². The summed E-state index contributed by atoms with van der Waals surface area (Å²) in [4.78, 5) is 6.19. The third-order valence-corrected chi connectivity index (χ3v) is 10.1. The lowest BCUT2D eigenvalue weighted by molar-refractivity contribution is -0.171. The maximum Gasteiger partial charge on any atom is 0.413 e. The number of aliphatic hydroxyl groups excluding tert-OH is 2. The number of allylic oxidation sites excluding steroid dienone is 4. The van der Waals surface area contributed by atoms with Crippen molar-refractivity contribution < 1.29 is 28.1 Å². The number of pyridine rings is 1. The molecule has 3 heterocycles. The van der Waals surface area contributed by atoms with Crippen LogP contribution < -0.4 is 0 Å². The number of alkyl halides is 3. The predicted octanol–water partition coefficient (Wildman–Crippen LogP) is 4.90. The van der Waals surface area contributed by atoms with Crippen molar-refractivity contribution in [3.63, 3.8) is 0 Å². The Morgan fingerprint density at radius 2 is 1.95 bits per heavy atom. The number of hydrogen-bond acceptors (Lipinski definition) is 5. The molecule has 8 heteroatoms. The molecule has 7 atom stereocenters. The number of nitrogens with zero attached hydrogens (tertiary/aromatic N) is 2. The number of fused-ring (bicyclic) bond motifs is 1. The maximum absolute atomic E-state index is 14.7. The number of aromatic nitrogens is 1. The molecule has 38 heavy (non-hydrogen) atoms. The highest BCUT2D eigenvalue weighted by Gasteiger charge is 2.69. The Kier molecular flexibility index (Phi) is 5.72. The molecule has 5 nitrogen and oxygen atoms in total. The third-order valence-electron chi connectivity index (χ3n) is 10.1. The van der Waals surface area contributed by atoms with E-state index < -0.39 is 40.6 Å². The number of aryl methyl sites for hydroxylation is 1. The number of halogens is 3. The van der Waals surface area contributed by atoms with E-state index in [1.54, 1.807) is 12.3 Å². The molecule has 0 aromatic carbocycles. The highest BCUT2D eigenvalue weighted by Crippen LogP contribution is 2.69. The standard InChI is InChI=1S/C30H35F3N2O3/c1-17-18(6-5-13-34-17)7-8-19-9-10-24-27(19,2)15-22(30(31,32)33)20-14-21-25(36)26(37)23(35(3)4)16-28(21)11-12-29(20,24)38-28/h5-9,13-14,23-26,36-37H,10-12,15-16H2,1-4H3. The smallest absolute Gasteiger partial charge is 0.388 e. The monoisotopic (exact) mass is 528 g/mol. The average molecular weight is 529 g/mol. The lowest BCUT2D eigenvalue weighted by Crippen LogP contribution is -2.62. The number of ether oxygens (including phenoxy) is 1. The number of aliphatic hydroxyl groups is 2. The van der Waals surface area contributed by atoms with Gasteiger partial charge in [-0.25, -0.2) is 0 Å². The Labute approximate surface area is 221 Å². The summed E-state index contributed by atoms with van der Waals surface area (Å²) in [6.45, 7) is 3.86. The molecule has 1 saturated carbocycles. The molecule has 1 saturated heterocycles. The van der Waals surface area contributed by atoms with Gasteiger partial charge in [-0.3, -0.25) is 4.98 Å². The SMILES string of the molecule is Cc1ncccc1C=CC1=CCC2C1(C)CC(C(F)(F)F)=C1C=C3C(O)C(O)C(N(C)C)CC34CCC12O4. The van der Waals surface area contributed by atoms with Gasteiger partial charge in [-0.05, 0) is 81.5 Å². The molecule has 2 spiro atoms. The summed E-state index contributed by atoms with van der Waals surface area (Å²) >= 11 is 0. The van der Waals surface area contributed by atoms with Gasteiger partial charge in [-0.1, -0.05) is 37.3 Å². The van der Waals surface area contributed by atoms with Crippen LogP contribution in [0.5, 0.6) is 0 Å².